The molecule has 0 bridgehead atoms. The van der Waals surface area contributed by atoms with Crippen LogP contribution in [-0.2, 0) is 6.42 Å². The number of rotatable bonds is 3. The van der Waals surface area contributed by atoms with Crippen LogP contribution in [0.1, 0.15) is 30.4 Å². The van der Waals surface area contributed by atoms with Crippen molar-refractivity contribution in [3.8, 4) is 0 Å². The van der Waals surface area contributed by atoms with Gasteiger partial charge < -0.3 is 5.73 Å². The fraction of sp³-hybridized carbons (Fsp3) is 0.455. The lowest BCUT2D eigenvalue weighted by molar-refractivity contribution is 0.150. The number of hydrogen-bond donors (Lipinski definition) is 1. The van der Waals surface area contributed by atoms with E-state index in [2.05, 4.69) is 15.9 Å². The van der Waals surface area contributed by atoms with Crippen molar-refractivity contribution in [3.63, 3.8) is 0 Å². The van der Waals surface area contributed by atoms with Crippen LogP contribution in [0.25, 0.3) is 0 Å². The van der Waals surface area contributed by atoms with Crippen molar-refractivity contribution in [1.82, 2.24) is 0 Å². The van der Waals surface area contributed by atoms with E-state index in [0.717, 1.165) is 17.3 Å². The second-order valence-electron chi connectivity index (χ2n) is 4.18. The Morgan fingerprint density at radius 1 is 1.40 bits per heavy atom. The molecule has 1 aromatic rings. The molecule has 0 radical (unpaired) electrons. The van der Waals surface area contributed by atoms with Crippen molar-refractivity contribution in [1.29, 1.82) is 0 Å². The molecule has 0 unspecified atom stereocenters. The number of nitrogens with two attached hydrogens (primary N) is 1. The van der Waals surface area contributed by atoms with Gasteiger partial charge in [-0.15, -0.1) is 0 Å². The van der Waals surface area contributed by atoms with Gasteiger partial charge in [0.15, 0.2) is 0 Å². The molecule has 0 aromatic heterocycles. The second-order valence-corrected chi connectivity index (χ2v) is 5.10. The first-order valence-electron chi connectivity index (χ1n) is 4.86. The molecule has 4 heteroatoms. The lowest BCUT2D eigenvalue weighted by Gasteiger charge is -2.13. The zero-order chi connectivity index (χ0) is 11.1. The fourth-order valence-electron chi connectivity index (χ4n) is 1.66. The average molecular weight is 276 g/mol. The fourth-order valence-corrected chi connectivity index (χ4v) is 2.07. The highest BCUT2D eigenvalue weighted by molar-refractivity contribution is 9.10. The van der Waals surface area contributed by atoms with Gasteiger partial charge in [0.2, 0.25) is 0 Å². The summed E-state index contributed by atoms with van der Waals surface area (Å²) in [5, 5.41) is 0. The van der Waals surface area contributed by atoms with E-state index in [1.54, 1.807) is 12.1 Å². The molecule has 82 valence electrons. The molecule has 1 aromatic carbocycles. The first-order chi connectivity index (χ1) is 7.00. The normalized spacial score (nSPS) is 18.2. The standard InChI is InChI=1S/C11H12BrF2N/c12-8-1-2-9(10(13)14)7(5-8)6-11(15)3-4-11/h1-2,5,10H,3-4,6,15H2. The summed E-state index contributed by atoms with van der Waals surface area (Å²) in [6, 6.07) is 4.85. The first kappa shape index (κ1) is 11.0. The molecule has 2 rings (SSSR count). The maximum absolute atomic E-state index is 12.7. The Labute approximate surface area is 95.8 Å². The minimum Gasteiger partial charge on any atom is -0.325 e. The summed E-state index contributed by atoms with van der Waals surface area (Å²) >= 11 is 3.29. The molecular weight excluding hydrogens is 264 g/mol. The zero-order valence-corrected chi connectivity index (χ0v) is 9.73. The summed E-state index contributed by atoms with van der Waals surface area (Å²) < 4.78 is 26.2. The van der Waals surface area contributed by atoms with Crippen LogP contribution in [-0.4, -0.2) is 5.54 Å². The predicted molar refractivity (Wildman–Crippen MR) is 59.0 cm³/mol. The van der Waals surface area contributed by atoms with Crippen LogP contribution in [0.5, 0.6) is 0 Å². The van der Waals surface area contributed by atoms with E-state index >= 15 is 0 Å². The van der Waals surface area contributed by atoms with Crippen molar-refractivity contribution >= 4 is 15.9 Å². The monoisotopic (exact) mass is 275 g/mol. The van der Waals surface area contributed by atoms with Gasteiger partial charge in [-0.2, -0.15) is 0 Å². The average Bonchev–Trinajstić information content (AvgIpc) is 2.82. The van der Waals surface area contributed by atoms with Crippen LogP contribution < -0.4 is 5.73 Å². The molecule has 0 amide bonds. The van der Waals surface area contributed by atoms with Crippen molar-refractivity contribution in [3.05, 3.63) is 33.8 Å². The molecule has 0 atom stereocenters. The first-order valence-corrected chi connectivity index (χ1v) is 5.65. The highest BCUT2D eigenvalue weighted by Crippen LogP contribution is 2.38. The third kappa shape index (κ3) is 2.55. The molecule has 1 fully saturated rings. The van der Waals surface area contributed by atoms with Gasteiger partial charge in [-0.1, -0.05) is 22.0 Å². The Kier molecular flexibility index (Phi) is 2.81. The molecule has 0 saturated heterocycles. The number of hydrogen-bond acceptors (Lipinski definition) is 1. The van der Waals surface area contributed by atoms with E-state index in [1.807, 2.05) is 0 Å². The largest absolute Gasteiger partial charge is 0.325 e. The third-order valence-corrected chi connectivity index (χ3v) is 3.27. The molecule has 1 aliphatic rings. The molecule has 2 N–H and O–H groups in total. The van der Waals surface area contributed by atoms with Crippen molar-refractivity contribution in [2.24, 2.45) is 5.73 Å². The zero-order valence-electron chi connectivity index (χ0n) is 8.14. The van der Waals surface area contributed by atoms with E-state index in [-0.39, 0.29) is 11.1 Å². The summed E-state index contributed by atoms with van der Waals surface area (Å²) in [6.45, 7) is 0. The highest BCUT2D eigenvalue weighted by Gasteiger charge is 2.38. The van der Waals surface area contributed by atoms with Gasteiger partial charge in [-0.25, -0.2) is 8.78 Å². The summed E-state index contributed by atoms with van der Waals surface area (Å²) in [6.07, 6.45) is -0.00769. The van der Waals surface area contributed by atoms with E-state index in [4.69, 9.17) is 5.73 Å². The highest BCUT2D eigenvalue weighted by atomic mass is 79.9. The van der Waals surface area contributed by atoms with Crippen molar-refractivity contribution in [2.75, 3.05) is 0 Å². The number of benzene rings is 1. The van der Waals surface area contributed by atoms with E-state index in [1.165, 1.54) is 6.07 Å². The Balaban J connectivity index is 2.29. The van der Waals surface area contributed by atoms with Crippen LogP contribution >= 0.6 is 15.9 Å². The molecule has 15 heavy (non-hydrogen) atoms. The summed E-state index contributed by atoms with van der Waals surface area (Å²) in [5.74, 6) is 0. The quantitative estimate of drug-likeness (QED) is 0.899. The molecule has 0 heterocycles. The summed E-state index contributed by atoms with van der Waals surface area (Å²) in [7, 11) is 0. The maximum Gasteiger partial charge on any atom is 0.264 e. The van der Waals surface area contributed by atoms with Gasteiger partial charge in [0.05, 0.1) is 0 Å². The second kappa shape index (κ2) is 3.83. The summed E-state index contributed by atoms with van der Waals surface area (Å²) in [5.41, 5.74) is 6.48. The summed E-state index contributed by atoms with van der Waals surface area (Å²) in [4.78, 5) is 0. The van der Waals surface area contributed by atoms with Gasteiger partial charge >= 0.3 is 0 Å². The SMILES string of the molecule is NC1(Cc2cc(Br)ccc2C(F)F)CC1. The molecule has 1 aliphatic carbocycles. The van der Waals surface area contributed by atoms with Gasteiger partial charge in [0, 0.05) is 15.6 Å². The van der Waals surface area contributed by atoms with Crippen LogP contribution in [0.4, 0.5) is 8.78 Å². The molecule has 0 spiro atoms. The topological polar surface area (TPSA) is 26.0 Å². The van der Waals surface area contributed by atoms with Gasteiger partial charge in [-0.05, 0) is 37.0 Å². The molecule has 1 nitrogen and oxygen atoms in total. The molecule has 1 saturated carbocycles. The molecular formula is C11H12BrF2N. The van der Waals surface area contributed by atoms with E-state index in [9.17, 15) is 8.78 Å². The number of halogens is 3. The van der Waals surface area contributed by atoms with Crippen molar-refractivity contribution in [2.45, 2.75) is 31.2 Å². The van der Waals surface area contributed by atoms with Crippen LogP contribution in [0.3, 0.4) is 0 Å². The number of alkyl halides is 2. The van der Waals surface area contributed by atoms with Crippen LogP contribution in [0.2, 0.25) is 0 Å². The van der Waals surface area contributed by atoms with Crippen LogP contribution in [0, 0.1) is 0 Å². The minimum absolute atomic E-state index is 0.106. The van der Waals surface area contributed by atoms with Gasteiger partial charge in [0.25, 0.3) is 6.43 Å². The lowest BCUT2D eigenvalue weighted by Crippen LogP contribution is -2.25. The van der Waals surface area contributed by atoms with Crippen LogP contribution in [0.15, 0.2) is 22.7 Å². The lowest BCUT2D eigenvalue weighted by atomic mass is 9.99. The Hall–Kier alpha value is -0.480. The Morgan fingerprint density at radius 2 is 2.07 bits per heavy atom. The van der Waals surface area contributed by atoms with Gasteiger partial charge in [-0.3, -0.25) is 0 Å². The smallest absolute Gasteiger partial charge is 0.264 e. The predicted octanol–water partition coefficient (Wildman–Crippen LogP) is 3.42. The third-order valence-electron chi connectivity index (χ3n) is 2.77. The minimum atomic E-state index is -2.42. The van der Waals surface area contributed by atoms with Gasteiger partial charge in [0.1, 0.15) is 0 Å². The van der Waals surface area contributed by atoms with E-state index in [0.29, 0.717) is 12.0 Å². The molecule has 0 aliphatic heterocycles. The maximum atomic E-state index is 12.7. The van der Waals surface area contributed by atoms with Crippen molar-refractivity contribution < 1.29 is 8.78 Å². The van der Waals surface area contributed by atoms with E-state index < -0.39 is 6.43 Å². The Bertz CT molecular complexity index is 375. The Morgan fingerprint density at radius 3 is 2.60 bits per heavy atom.